The number of rotatable bonds is 3. The van der Waals surface area contributed by atoms with Crippen LogP contribution in [0.5, 0.6) is 5.75 Å². The number of ether oxygens (including phenoxy) is 2. The maximum Gasteiger partial charge on any atom is 0.407 e. The fourth-order valence-electron chi connectivity index (χ4n) is 5.85. The molecule has 5 aliphatic rings. The van der Waals surface area contributed by atoms with Crippen LogP contribution in [0.3, 0.4) is 0 Å². The molecule has 4 heterocycles. The van der Waals surface area contributed by atoms with E-state index in [2.05, 4.69) is 46.6 Å². The first-order chi connectivity index (χ1) is 15.2. The Morgan fingerprint density at radius 2 is 1.84 bits per heavy atom. The van der Waals surface area contributed by atoms with E-state index >= 15 is 0 Å². The predicted molar refractivity (Wildman–Crippen MR) is 119 cm³/mol. The molecule has 3 fully saturated rings. The van der Waals surface area contributed by atoms with Gasteiger partial charge in [-0.2, -0.15) is 0 Å². The zero-order chi connectivity index (χ0) is 20.8. The molecule has 4 aliphatic heterocycles. The number of nitrogens with one attached hydrogen (secondary N) is 1. The summed E-state index contributed by atoms with van der Waals surface area (Å²) in [5, 5.41) is 3.18. The Morgan fingerprint density at radius 1 is 1.00 bits per heavy atom. The van der Waals surface area contributed by atoms with Gasteiger partial charge in [0.15, 0.2) is 0 Å². The van der Waals surface area contributed by atoms with Crippen molar-refractivity contribution in [3.63, 3.8) is 0 Å². The smallest absolute Gasteiger partial charge is 0.407 e. The van der Waals surface area contributed by atoms with Gasteiger partial charge in [0, 0.05) is 13.0 Å². The SMILES string of the molecule is O=C(NC1CCCc2cc(-c3ccc4c(c3)OCC4)ccc21)O[C@H]1CN2CCC1CC2. The summed E-state index contributed by atoms with van der Waals surface area (Å²) in [5.74, 6) is 1.55. The van der Waals surface area contributed by atoms with E-state index in [1.165, 1.54) is 27.8 Å². The van der Waals surface area contributed by atoms with E-state index in [-0.39, 0.29) is 18.2 Å². The van der Waals surface area contributed by atoms with Gasteiger partial charge in [-0.3, -0.25) is 4.90 Å². The lowest BCUT2D eigenvalue weighted by Gasteiger charge is -2.44. The Labute approximate surface area is 183 Å². The van der Waals surface area contributed by atoms with Crippen molar-refractivity contribution in [1.29, 1.82) is 0 Å². The van der Waals surface area contributed by atoms with Gasteiger partial charge in [-0.1, -0.05) is 30.3 Å². The zero-order valence-electron chi connectivity index (χ0n) is 17.9. The molecular weight excluding hydrogens is 388 g/mol. The summed E-state index contributed by atoms with van der Waals surface area (Å²) in [6, 6.07) is 13.2. The molecule has 1 N–H and O–H groups in total. The van der Waals surface area contributed by atoms with Gasteiger partial charge in [-0.25, -0.2) is 4.79 Å². The Kier molecular flexibility index (Phi) is 4.87. The number of nitrogens with zero attached hydrogens (tertiary/aromatic N) is 1. The van der Waals surface area contributed by atoms with Crippen LogP contribution in [0.2, 0.25) is 0 Å². The van der Waals surface area contributed by atoms with Gasteiger partial charge in [0.05, 0.1) is 12.6 Å². The van der Waals surface area contributed by atoms with Crippen molar-refractivity contribution in [2.45, 2.75) is 50.7 Å². The first kappa shape index (κ1) is 19.2. The number of amides is 1. The standard InChI is InChI=1S/C26H30N2O3/c29-26(31-25-16-28-11-8-18(25)9-12-28)27-23-3-1-2-21-14-19(6-7-22(21)23)20-5-4-17-10-13-30-24(17)15-20/h4-7,14-15,18,23,25H,1-3,8-13,16H2,(H,27,29)/t23?,25-/m0/s1. The van der Waals surface area contributed by atoms with Crippen LogP contribution in [0.25, 0.3) is 11.1 Å². The van der Waals surface area contributed by atoms with E-state index in [0.29, 0.717) is 5.92 Å². The average Bonchev–Trinajstić information content (AvgIpc) is 3.28. The van der Waals surface area contributed by atoms with E-state index < -0.39 is 0 Å². The minimum absolute atomic E-state index is 0.0368. The molecule has 5 heteroatoms. The normalized spacial score (nSPS) is 28.4. The number of carbonyl (C=O) groups is 1. The van der Waals surface area contributed by atoms with Crippen LogP contribution >= 0.6 is 0 Å². The van der Waals surface area contributed by atoms with Crippen molar-refractivity contribution in [1.82, 2.24) is 10.2 Å². The molecule has 7 rings (SSSR count). The minimum atomic E-state index is -0.253. The van der Waals surface area contributed by atoms with Crippen molar-refractivity contribution in [3.05, 3.63) is 53.1 Å². The van der Waals surface area contributed by atoms with Crippen molar-refractivity contribution in [3.8, 4) is 16.9 Å². The molecule has 1 unspecified atom stereocenters. The third-order valence-corrected chi connectivity index (χ3v) is 7.63. The predicted octanol–water partition coefficient (Wildman–Crippen LogP) is 4.49. The molecule has 2 aromatic rings. The van der Waals surface area contributed by atoms with E-state index in [0.717, 1.165) is 70.5 Å². The lowest BCUT2D eigenvalue weighted by Crippen LogP contribution is -2.52. The maximum atomic E-state index is 12.7. The Bertz CT molecular complexity index is 996. The number of aryl methyl sites for hydroxylation is 1. The monoisotopic (exact) mass is 418 g/mol. The van der Waals surface area contributed by atoms with Crippen LogP contribution in [0.15, 0.2) is 36.4 Å². The van der Waals surface area contributed by atoms with Gasteiger partial charge < -0.3 is 14.8 Å². The highest BCUT2D eigenvalue weighted by atomic mass is 16.6. The number of alkyl carbamates (subject to hydrolysis) is 1. The van der Waals surface area contributed by atoms with Gasteiger partial charge in [0.2, 0.25) is 0 Å². The fraction of sp³-hybridized carbons (Fsp3) is 0.500. The average molecular weight is 419 g/mol. The summed E-state index contributed by atoms with van der Waals surface area (Å²) in [4.78, 5) is 15.1. The van der Waals surface area contributed by atoms with Crippen LogP contribution < -0.4 is 10.1 Å². The summed E-state index contributed by atoms with van der Waals surface area (Å²) < 4.78 is 11.6. The third kappa shape index (κ3) is 3.69. The number of fused-ring (bicyclic) bond motifs is 5. The lowest BCUT2D eigenvalue weighted by atomic mass is 9.85. The van der Waals surface area contributed by atoms with E-state index in [1.54, 1.807) is 0 Å². The number of piperidine rings is 3. The zero-order valence-corrected chi connectivity index (χ0v) is 17.9. The van der Waals surface area contributed by atoms with Gasteiger partial charge in [-0.05, 0) is 85.0 Å². The molecule has 3 saturated heterocycles. The molecule has 162 valence electrons. The summed E-state index contributed by atoms with van der Waals surface area (Å²) in [6.45, 7) is 3.99. The number of benzene rings is 2. The molecule has 1 aliphatic carbocycles. The molecular formula is C26H30N2O3. The highest BCUT2D eigenvalue weighted by Gasteiger charge is 2.37. The second-order valence-electron chi connectivity index (χ2n) is 9.51. The molecule has 0 aromatic heterocycles. The third-order valence-electron chi connectivity index (χ3n) is 7.63. The number of carbonyl (C=O) groups excluding carboxylic acids is 1. The molecule has 0 spiro atoms. The maximum absolute atomic E-state index is 12.7. The Morgan fingerprint density at radius 3 is 2.68 bits per heavy atom. The highest BCUT2D eigenvalue weighted by Crippen LogP contribution is 2.36. The van der Waals surface area contributed by atoms with Crippen LogP contribution in [-0.2, 0) is 17.6 Å². The first-order valence-corrected chi connectivity index (χ1v) is 11.8. The molecule has 2 aromatic carbocycles. The second kappa shape index (κ2) is 7.86. The lowest BCUT2D eigenvalue weighted by molar-refractivity contribution is -0.0340. The number of hydrogen-bond acceptors (Lipinski definition) is 4. The van der Waals surface area contributed by atoms with E-state index in [4.69, 9.17) is 9.47 Å². The van der Waals surface area contributed by atoms with Gasteiger partial charge in [0.1, 0.15) is 11.9 Å². The van der Waals surface area contributed by atoms with Crippen LogP contribution in [-0.4, -0.2) is 43.3 Å². The summed E-state index contributed by atoms with van der Waals surface area (Å²) in [5.41, 5.74) is 6.27. The van der Waals surface area contributed by atoms with Gasteiger partial charge in [0.25, 0.3) is 0 Å². The summed E-state index contributed by atoms with van der Waals surface area (Å²) in [7, 11) is 0. The Hall–Kier alpha value is -2.53. The fourth-order valence-corrected chi connectivity index (χ4v) is 5.85. The largest absolute Gasteiger partial charge is 0.493 e. The quantitative estimate of drug-likeness (QED) is 0.798. The minimum Gasteiger partial charge on any atom is -0.493 e. The molecule has 5 nitrogen and oxygen atoms in total. The van der Waals surface area contributed by atoms with Crippen molar-refractivity contribution in [2.24, 2.45) is 5.92 Å². The van der Waals surface area contributed by atoms with Crippen LogP contribution in [0.4, 0.5) is 4.79 Å². The van der Waals surface area contributed by atoms with Gasteiger partial charge >= 0.3 is 6.09 Å². The Balaban J connectivity index is 1.16. The van der Waals surface area contributed by atoms with Crippen molar-refractivity contribution < 1.29 is 14.3 Å². The molecule has 1 amide bonds. The van der Waals surface area contributed by atoms with Crippen molar-refractivity contribution in [2.75, 3.05) is 26.2 Å². The topological polar surface area (TPSA) is 50.8 Å². The van der Waals surface area contributed by atoms with Crippen molar-refractivity contribution >= 4 is 6.09 Å². The van der Waals surface area contributed by atoms with E-state index in [1.807, 2.05) is 0 Å². The molecule has 0 radical (unpaired) electrons. The molecule has 2 bridgehead atoms. The second-order valence-corrected chi connectivity index (χ2v) is 9.51. The molecule has 2 atom stereocenters. The first-order valence-electron chi connectivity index (χ1n) is 11.8. The van der Waals surface area contributed by atoms with E-state index in [9.17, 15) is 4.79 Å². The van der Waals surface area contributed by atoms with Gasteiger partial charge in [-0.15, -0.1) is 0 Å². The summed E-state index contributed by atoms with van der Waals surface area (Å²) in [6.07, 6.45) is 6.21. The molecule has 31 heavy (non-hydrogen) atoms. The van der Waals surface area contributed by atoms with Crippen LogP contribution in [0, 0.1) is 5.92 Å². The van der Waals surface area contributed by atoms with Crippen LogP contribution in [0.1, 0.15) is 48.4 Å². The number of hydrogen-bond donors (Lipinski definition) is 1. The molecule has 0 saturated carbocycles. The highest BCUT2D eigenvalue weighted by molar-refractivity contribution is 5.70. The summed E-state index contributed by atoms with van der Waals surface area (Å²) >= 11 is 0.